The van der Waals surface area contributed by atoms with E-state index >= 15 is 0 Å². The molecule has 1 fully saturated rings. The average Bonchev–Trinajstić information content (AvgIpc) is 2.46. The van der Waals surface area contributed by atoms with E-state index in [0.29, 0.717) is 0 Å². The van der Waals surface area contributed by atoms with Crippen molar-refractivity contribution >= 4 is 20.4 Å². The van der Waals surface area contributed by atoms with Crippen molar-refractivity contribution in [1.29, 1.82) is 0 Å². The molecule has 0 aliphatic carbocycles. The maximum atomic E-state index is 13.0. The van der Waals surface area contributed by atoms with E-state index in [4.69, 9.17) is 9.31 Å². The lowest BCUT2D eigenvalue weighted by Gasteiger charge is -2.32. The lowest BCUT2D eigenvalue weighted by molar-refractivity contribution is 0.00578. The normalized spacial score (nSPS) is 21.2. The lowest BCUT2D eigenvalue weighted by atomic mass is 9.90. The molecule has 0 atom stereocenters. The van der Waals surface area contributed by atoms with E-state index in [1.165, 1.54) is 17.3 Å². The van der Waals surface area contributed by atoms with Gasteiger partial charge in [0.1, 0.15) is 5.82 Å². The van der Waals surface area contributed by atoms with Gasteiger partial charge in [0.05, 0.1) is 19.3 Å². The summed E-state index contributed by atoms with van der Waals surface area (Å²) in [5, 5.41) is 1.23. The van der Waals surface area contributed by atoms with Crippen LogP contribution in [-0.4, -0.2) is 26.4 Å². The Morgan fingerprint density at radius 2 is 1.45 bits per heavy atom. The first-order chi connectivity index (χ1) is 9.03. The van der Waals surface area contributed by atoms with Crippen LogP contribution in [0, 0.1) is 5.82 Å². The average molecular weight is 294 g/mol. The van der Waals surface area contributed by atoms with E-state index in [1.807, 2.05) is 12.1 Å². The van der Waals surface area contributed by atoms with Gasteiger partial charge in [0.15, 0.2) is 0 Å². The first-order valence-electron chi connectivity index (χ1n) is 7.15. The molecular weight excluding hydrogens is 270 g/mol. The van der Waals surface area contributed by atoms with Crippen LogP contribution in [0.25, 0.3) is 0 Å². The quantitative estimate of drug-likeness (QED) is 0.796. The van der Waals surface area contributed by atoms with Gasteiger partial charge in [0.25, 0.3) is 0 Å². The fourth-order valence-corrected chi connectivity index (χ4v) is 4.79. The summed E-state index contributed by atoms with van der Waals surface area (Å²) in [7, 11) is -1.88. The van der Waals surface area contributed by atoms with Crippen LogP contribution in [0.3, 0.4) is 0 Å². The third-order valence-electron chi connectivity index (χ3n) is 4.60. The molecule has 1 aliphatic heterocycles. The highest BCUT2D eigenvalue weighted by Crippen LogP contribution is 2.38. The second-order valence-corrected chi connectivity index (χ2v) is 12.0. The third-order valence-corrected chi connectivity index (χ3v) is 7.85. The molecule has 2 nitrogen and oxygen atoms in total. The zero-order chi connectivity index (χ0) is 15.2. The van der Waals surface area contributed by atoms with E-state index in [2.05, 4.69) is 40.8 Å². The van der Waals surface area contributed by atoms with Crippen molar-refractivity contribution in [1.82, 2.24) is 0 Å². The van der Waals surface area contributed by atoms with E-state index in [-0.39, 0.29) is 24.1 Å². The van der Waals surface area contributed by atoms with Gasteiger partial charge in [-0.3, -0.25) is 0 Å². The summed E-state index contributed by atoms with van der Waals surface area (Å²) >= 11 is 0. The Hall–Kier alpha value is -0.648. The van der Waals surface area contributed by atoms with Gasteiger partial charge < -0.3 is 9.31 Å². The van der Waals surface area contributed by atoms with Gasteiger partial charge >= 0.3 is 7.12 Å². The SMILES string of the molecule is CC1(C)OB(C[Si](C)(C)c2ccc(F)cc2)OC1(C)C. The summed E-state index contributed by atoms with van der Waals surface area (Å²) in [5.74, 6) is 0.695. The third kappa shape index (κ3) is 3.00. The molecule has 0 amide bonds. The van der Waals surface area contributed by atoms with Gasteiger partial charge in [0.2, 0.25) is 0 Å². The molecule has 2 rings (SSSR count). The Morgan fingerprint density at radius 1 is 1.00 bits per heavy atom. The highest BCUT2D eigenvalue weighted by atomic mass is 28.3. The zero-order valence-electron chi connectivity index (χ0n) is 13.3. The minimum atomic E-state index is -1.71. The molecule has 0 spiro atoms. The topological polar surface area (TPSA) is 18.5 Å². The van der Waals surface area contributed by atoms with Crippen LogP contribution in [0.2, 0.25) is 19.0 Å². The van der Waals surface area contributed by atoms with E-state index in [0.717, 1.165) is 5.94 Å². The van der Waals surface area contributed by atoms with Crippen molar-refractivity contribution in [2.75, 3.05) is 0 Å². The standard InChI is InChI=1S/C15H24BFO2Si/c1-14(2)15(3,4)19-16(18-14)11-20(5,6)13-9-7-12(17)8-10-13/h7-10H,11H2,1-6H3. The van der Waals surface area contributed by atoms with E-state index < -0.39 is 8.07 Å². The van der Waals surface area contributed by atoms with Crippen LogP contribution in [0.15, 0.2) is 24.3 Å². The molecular formula is C15H24BFO2Si. The number of hydrogen-bond donors (Lipinski definition) is 0. The summed E-state index contributed by atoms with van der Waals surface area (Å²) in [4.78, 5) is 0. The smallest absolute Gasteiger partial charge is 0.403 e. The number of benzene rings is 1. The van der Waals surface area contributed by atoms with Gasteiger partial charge in [-0.15, -0.1) is 0 Å². The molecule has 1 heterocycles. The van der Waals surface area contributed by atoms with Crippen LogP contribution in [0.5, 0.6) is 0 Å². The minimum Gasteiger partial charge on any atom is -0.403 e. The summed E-state index contributed by atoms with van der Waals surface area (Å²) in [6, 6.07) is 6.86. The van der Waals surface area contributed by atoms with Crippen LogP contribution >= 0.6 is 0 Å². The Bertz CT molecular complexity index is 469. The molecule has 0 saturated carbocycles. The van der Waals surface area contributed by atoms with Gasteiger partial charge in [-0.25, -0.2) is 4.39 Å². The van der Waals surface area contributed by atoms with Crippen LogP contribution in [0.1, 0.15) is 27.7 Å². The Kier molecular flexibility index (Phi) is 3.91. The van der Waals surface area contributed by atoms with Crippen molar-refractivity contribution in [2.45, 2.75) is 57.9 Å². The Labute approximate surface area is 122 Å². The van der Waals surface area contributed by atoms with Crippen molar-refractivity contribution in [3.05, 3.63) is 30.1 Å². The molecule has 20 heavy (non-hydrogen) atoms. The predicted octanol–water partition coefficient (Wildman–Crippen LogP) is 3.37. The monoisotopic (exact) mass is 294 g/mol. The van der Waals surface area contributed by atoms with Gasteiger partial charge in [-0.1, -0.05) is 30.4 Å². The zero-order valence-corrected chi connectivity index (χ0v) is 14.3. The molecule has 1 aromatic rings. The van der Waals surface area contributed by atoms with Crippen molar-refractivity contribution in [3.63, 3.8) is 0 Å². The maximum Gasteiger partial charge on any atom is 0.455 e. The van der Waals surface area contributed by atoms with Crippen molar-refractivity contribution < 1.29 is 13.7 Å². The molecule has 0 bridgehead atoms. The summed E-state index contributed by atoms with van der Waals surface area (Å²) < 4.78 is 25.2. The highest BCUT2D eigenvalue weighted by Gasteiger charge is 2.52. The largest absolute Gasteiger partial charge is 0.455 e. The lowest BCUT2D eigenvalue weighted by Crippen LogP contribution is -2.46. The van der Waals surface area contributed by atoms with Gasteiger partial charge in [-0.2, -0.15) is 0 Å². The van der Waals surface area contributed by atoms with Gasteiger partial charge in [0, 0.05) is 0 Å². The second-order valence-electron chi connectivity index (χ2n) is 7.28. The molecule has 0 aromatic heterocycles. The molecule has 0 radical (unpaired) electrons. The van der Waals surface area contributed by atoms with Gasteiger partial charge in [-0.05, 0) is 45.8 Å². The highest BCUT2D eigenvalue weighted by molar-refractivity contribution is 6.95. The number of hydrogen-bond acceptors (Lipinski definition) is 2. The van der Waals surface area contributed by atoms with Crippen molar-refractivity contribution in [2.24, 2.45) is 0 Å². The fraction of sp³-hybridized carbons (Fsp3) is 0.600. The summed E-state index contributed by atoms with van der Waals surface area (Å²) in [6.45, 7) is 12.8. The maximum absolute atomic E-state index is 13.0. The molecule has 0 N–H and O–H groups in total. The molecule has 1 aromatic carbocycles. The predicted molar refractivity (Wildman–Crippen MR) is 84.4 cm³/mol. The summed E-state index contributed by atoms with van der Waals surface area (Å²) in [6.07, 6.45) is 0. The Balaban J connectivity index is 2.12. The fourth-order valence-electron chi connectivity index (χ4n) is 2.48. The minimum absolute atomic E-state index is 0.174. The van der Waals surface area contributed by atoms with Crippen LogP contribution < -0.4 is 5.19 Å². The molecule has 1 saturated heterocycles. The molecule has 5 heteroatoms. The van der Waals surface area contributed by atoms with Crippen molar-refractivity contribution in [3.8, 4) is 0 Å². The summed E-state index contributed by atoms with van der Waals surface area (Å²) in [5.41, 5.74) is -0.574. The Morgan fingerprint density at radius 3 is 1.90 bits per heavy atom. The van der Waals surface area contributed by atoms with Crippen LogP contribution in [0.4, 0.5) is 4.39 Å². The van der Waals surface area contributed by atoms with Crippen LogP contribution in [-0.2, 0) is 9.31 Å². The van der Waals surface area contributed by atoms with E-state index in [9.17, 15) is 4.39 Å². The number of rotatable bonds is 3. The molecule has 0 unspecified atom stereocenters. The number of halogens is 1. The molecule has 1 aliphatic rings. The second kappa shape index (κ2) is 4.97. The first-order valence-corrected chi connectivity index (χ1v) is 10.4. The van der Waals surface area contributed by atoms with E-state index in [1.54, 1.807) is 0 Å². The molecule has 110 valence electrons. The first kappa shape index (κ1) is 15.7.